The lowest BCUT2D eigenvalue weighted by Gasteiger charge is -2.07. The molecule has 0 unspecified atom stereocenters. The number of nitrogens with zero attached hydrogens (tertiary/aromatic N) is 1. The normalized spacial score (nSPS) is 9.86. The first-order valence-electron chi connectivity index (χ1n) is 6.08. The van der Waals surface area contributed by atoms with E-state index >= 15 is 0 Å². The van der Waals surface area contributed by atoms with Crippen LogP contribution in [0.4, 0.5) is 17.1 Å². The van der Waals surface area contributed by atoms with Gasteiger partial charge in [0.25, 0.3) is 5.69 Å². The Morgan fingerprint density at radius 1 is 1.00 bits per heavy atom. The molecule has 7 nitrogen and oxygen atoms in total. The minimum Gasteiger partial charge on any atom is -0.318 e. The quantitative estimate of drug-likeness (QED) is 0.497. The molecule has 0 aliphatic carbocycles. The minimum absolute atomic E-state index is 0.0399. The molecule has 0 spiro atoms. The van der Waals surface area contributed by atoms with Crippen molar-refractivity contribution in [1.29, 1.82) is 0 Å². The number of para-hydroxylation sites is 2. The molecule has 0 atom stereocenters. The number of benzene rings is 2. The highest BCUT2D eigenvalue weighted by Gasteiger charge is 2.19. The summed E-state index contributed by atoms with van der Waals surface area (Å²) in [5, 5.41) is 15.5. The van der Waals surface area contributed by atoms with E-state index < -0.39 is 16.7 Å². The van der Waals surface area contributed by atoms with Crippen molar-refractivity contribution in [3.05, 3.63) is 63.1 Å². The van der Waals surface area contributed by atoms with E-state index in [2.05, 4.69) is 26.6 Å². The van der Waals surface area contributed by atoms with E-state index in [1.54, 1.807) is 24.3 Å². The van der Waals surface area contributed by atoms with Gasteiger partial charge in [0, 0.05) is 16.2 Å². The molecule has 0 aliphatic heterocycles. The van der Waals surface area contributed by atoms with Crippen LogP contribution in [-0.2, 0) is 9.59 Å². The number of rotatable bonds is 3. The molecule has 0 radical (unpaired) electrons. The fraction of sp³-hybridized carbons (Fsp3) is 0. The first-order chi connectivity index (χ1) is 10.5. The third kappa shape index (κ3) is 3.89. The van der Waals surface area contributed by atoms with Gasteiger partial charge in [0.05, 0.1) is 4.92 Å². The Labute approximate surface area is 133 Å². The Morgan fingerprint density at radius 2 is 1.68 bits per heavy atom. The van der Waals surface area contributed by atoms with Crippen LogP contribution in [0.2, 0.25) is 0 Å². The van der Waals surface area contributed by atoms with Gasteiger partial charge in [0.15, 0.2) is 0 Å². The minimum atomic E-state index is -0.991. The average Bonchev–Trinajstić information content (AvgIpc) is 2.47. The van der Waals surface area contributed by atoms with Crippen LogP contribution in [0.15, 0.2) is 53.0 Å². The van der Waals surface area contributed by atoms with Crippen molar-refractivity contribution < 1.29 is 14.5 Å². The highest BCUT2D eigenvalue weighted by molar-refractivity contribution is 9.10. The van der Waals surface area contributed by atoms with Gasteiger partial charge in [-0.3, -0.25) is 19.7 Å². The third-order valence-corrected chi connectivity index (χ3v) is 3.13. The van der Waals surface area contributed by atoms with E-state index in [9.17, 15) is 19.7 Å². The fourth-order valence-corrected chi connectivity index (χ4v) is 2.07. The first-order valence-corrected chi connectivity index (χ1v) is 6.88. The van der Waals surface area contributed by atoms with Crippen LogP contribution in [0.3, 0.4) is 0 Å². The summed E-state index contributed by atoms with van der Waals surface area (Å²) < 4.78 is 0.740. The number of carbonyl (C=O) groups excluding carboxylic acids is 2. The van der Waals surface area contributed by atoms with Crippen LogP contribution in [0, 0.1) is 10.1 Å². The zero-order valence-corrected chi connectivity index (χ0v) is 12.7. The van der Waals surface area contributed by atoms with Gasteiger partial charge in [-0.25, -0.2) is 0 Å². The maximum absolute atomic E-state index is 11.8. The molecule has 2 aromatic carbocycles. The Bertz CT molecular complexity index is 748. The summed E-state index contributed by atoms with van der Waals surface area (Å²) >= 11 is 3.24. The van der Waals surface area contributed by atoms with Gasteiger partial charge in [-0.2, -0.15) is 0 Å². The van der Waals surface area contributed by atoms with E-state index in [1.165, 1.54) is 24.3 Å². The van der Waals surface area contributed by atoms with Crippen molar-refractivity contribution in [3.63, 3.8) is 0 Å². The van der Waals surface area contributed by atoms with E-state index in [4.69, 9.17) is 0 Å². The molecule has 2 amide bonds. The molecule has 0 bridgehead atoms. The van der Waals surface area contributed by atoms with Crippen molar-refractivity contribution in [1.82, 2.24) is 0 Å². The zero-order chi connectivity index (χ0) is 16.1. The van der Waals surface area contributed by atoms with Gasteiger partial charge in [-0.1, -0.05) is 34.1 Å². The second-order valence-electron chi connectivity index (χ2n) is 4.19. The zero-order valence-electron chi connectivity index (χ0n) is 11.1. The van der Waals surface area contributed by atoms with Gasteiger partial charge < -0.3 is 10.6 Å². The predicted octanol–water partition coefficient (Wildman–Crippen LogP) is 2.93. The number of hydrogen-bond donors (Lipinski definition) is 2. The molecule has 112 valence electrons. The molecule has 8 heteroatoms. The molecule has 0 saturated heterocycles. The molecule has 0 aliphatic rings. The van der Waals surface area contributed by atoms with Crippen molar-refractivity contribution in [2.24, 2.45) is 0 Å². The summed E-state index contributed by atoms with van der Waals surface area (Å²) in [4.78, 5) is 33.8. The Balaban J connectivity index is 2.09. The highest BCUT2D eigenvalue weighted by atomic mass is 79.9. The van der Waals surface area contributed by atoms with E-state index in [-0.39, 0.29) is 11.4 Å². The molecule has 22 heavy (non-hydrogen) atoms. The summed E-state index contributed by atoms with van der Waals surface area (Å²) in [6.45, 7) is 0. The highest BCUT2D eigenvalue weighted by Crippen LogP contribution is 2.23. The van der Waals surface area contributed by atoms with Crippen molar-refractivity contribution in [2.75, 3.05) is 10.6 Å². The number of carbonyl (C=O) groups is 2. The molecule has 0 fully saturated rings. The van der Waals surface area contributed by atoms with Crippen LogP contribution < -0.4 is 10.6 Å². The summed E-state index contributed by atoms with van der Waals surface area (Å²) in [5.41, 5.74) is 0.102. The van der Waals surface area contributed by atoms with Gasteiger partial charge >= 0.3 is 11.8 Å². The number of nitro groups is 1. The SMILES string of the molecule is O=C(Nc1cccc(Br)c1)C(=O)Nc1ccccc1[N+](=O)[O-]. The summed E-state index contributed by atoms with van der Waals surface area (Å²) in [6, 6.07) is 12.3. The lowest BCUT2D eigenvalue weighted by molar-refractivity contribution is -0.383. The Hall–Kier alpha value is -2.74. The number of nitro benzene ring substituents is 1. The van der Waals surface area contributed by atoms with Crippen LogP contribution in [0.25, 0.3) is 0 Å². The standard InChI is InChI=1S/C14H10BrN3O4/c15-9-4-3-5-10(8-9)16-13(19)14(20)17-11-6-1-2-7-12(11)18(21)22/h1-8H,(H,16,19)(H,17,20). The largest absolute Gasteiger partial charge is 0.318 e. The van der Waals surface area contributed by atoms with Crippen molar-refractivity contribution >= 4 is 44.8 Å². The van der Waals surface area contributed by atoms with E-state index in [0.29, 0.717) is 5.69 Å². The van der Waals surface area contributed by atoms with Crippen molar-refractivity contribution in [2.45, 2.75) is 0 Å². The summed E-state index contributed by atoms with van der Waals surface area (Å²) in [7, 11) is 0. The maximum Gasteiger partial charge on any atom is 0.314 e. The molecular formula is C14H10BrN3O4. The average molecular weight is 364 g/mol. The van der Waals surface area contributed by atoms with Gasteiger partial charge in [-0.15, -0.1) is 0 Å². The number of amides is 2. The number of halogens is 1. The number of nitrogens with one attached hydrogen (secondary N) is 2. The Morgan fingerprint density at radius 3 is 2.36 bits per heavy atom. The molecule has 0 heterocycles. The molecule has 2 N–H and O–H groups in total. The van der Waals surface area contributed by atoms with Crippen LogP contribution in [-0.4, -0.2) is 16.7 Å². The lowest BCUT2D eigenvalue weighted by atomic mass is 10.2. The van der Waals surface area contributed by atoms with Crippen molar-refractivity contribution in [3.8, 4) is 0 Å². The lowest BCUT2D eigenvalue weighted by Crippen LogP contribution is -2.29. The second-order valence-corrected chi connectivity index (χ2v) is 5.11. The molecule has 0 aromatic heterocycles. The van der Waals surface area contributed by atoms with Crippen LogP contribution >= 0.6 is 15.9 Å². The van der Waals surface area contributed by atoms with Gasteiger partial charge in [0.2, 0.25) is 0 Å². The van der Waals surface area contributed by atoms with Gasteiger partial charge in [-0.05, 0) is 24.3 Å². The topological polar surface area (TPSA) is 101 Å². The number of hydrogen-bond acceptors (Lipinski definition) is 4. The van der Waals surface area contributed by atoms with E-state index in [0.717, 1.165) is 4.47 Å². The smallest absolute Gasteiger partial charge is 0.314 e. The molecule has 0 saturated carbocycles. The van der Waals surface area contributed by atoms with Crippen LogP contribution in [0.1, 0.15) is 0 Å². The van der Waals surface area contributed by atoms with Crippen LogP contribution in [0.5, 0.6) is 0 Å². The summed E-state index contributed by atoms with van der Waals surface area (Å²) in [6.07, 6.45) is 0. The predicted molar refractivity (Wildman–Crippen MR) is 84.5 cm³/mol. The molecular weight excluding hydrogens is 354 g/mol. The fourth-order valence-electron chi connectivity index (χ4n) is 1.67. The molecule has 2 rings (SSSR count). The molecule has 2 aromatic rings. The number of anilines is 2. The monoisotopic (exact) mass is 363 g/mol. The van der Waals surface area contributed by atoms with Gasteiger partial charge in [0.1, 0.15) is 5.69 Å². The van der Waals surface area contributed by atoms with E-state index in [1.807, 2.05) is 0 Å². The maximum atomic E-state index is 11.8. The first kappa shape index (κ1) is 15.6. The summed E-state index contributed by atoms with van der Waals surface area (Å²) in [5.74, 6) is -1.91. The Kier molecular flexibility index (Phi) is 4.84. The third-order valence-electron chi connectivity index (χ3n) is 2.64. The second kappa shape index (κ2) is 6.81.